The molecule has 2 aromatic carbocycles. The van der Waals surface area contributed by atoms with Gasteiger partial charge in [0.05, 0.1) is 20.8 Å². The smallest absolute Gasteiger partial charge is 0.225 e. The van der Waals surface area contributed by atoms with E-state index in [2.05, 4.69) is 5.32 Å². The highest BCUT2D eigenvalue weighted by molar-refractivity contribution is 6.02. The number of benzene rings is 2. The van der Waals surface area contributed by atoms with E-state index in [0.717, 1.165) is 22.6 Å². The van der Waals surface area contributed by atoms with E-state index < -0.39 is 0 Å². The number of ketones is 1. The molecule has 0 aromatic heterocycles. The highest BCUT2D eigenvalue weighted by Gasteiger charge is 2.39. The summed E-state index contributed by atoms with van der Waals surface area (Å²) in [7, 11) is 3.19. The summed E-state index contributed by atoms with van der Waals surface area (Å²) in [5, 5.41) is 2.97. The molecule has 0 spiro atoms. The van der Waals surface area contributed by atoms with Gasteiger partial charge in [-0.3, -0.25) is 9.59 Å². The van der Waals surface area contributed by atoms with Crippen LogP contribution in [0, 0.1) is 0 Å². The van der Waals surface area contributed by atoms with E-state index in [-0.39, 0.29) is 29.9 Å². The predicted molar refractivity (Wildman–Crippen MR) is 117 cm³/mol. The summed E-state index contributed by atoms with van der Waals surface area (Å²) in [5.74, 6) is 1.67. The monoisotopic (exact) mass is 421 g/mol. The van der Waals surface area contributed by atoms with Crippen molar-refractivity contribution in [2.45, 2.75) is 38.0 Å². The number of carbonyl (C=O) groups excluding carboxylic acids is 2. The lowest BCUT2D eigenvalue weighted by Gasteiger charge is -2.35. The molecule has 4 rings (SSSR count). The van der Waals surface area contributed by atoms with E-state index in [0.29, 0.717) is 36.5 Å². The third kappa shape index (κ3) is 4.02. The normalized spacial score (nSPS) is 20.7. The zero-order valence-electron chi connectivity index (χ0n) is 18.1. The number of rotatable bonds is 6. The Balaban J connectivity index is 1.70. The van der Waals surface area contributed by atoms with Crippen LogP contribution in [-0.2, 0) is 9.59 Å². The fourth-order valence-electron chi connectivity index (χ4n) is 4.62. The molecular weight excluding hydrogens is 394 g/mol. The lowest BCUT2D eigenvalue weighted by atomic mass is 9.73. The first kappa shape index (κ1) is 21.0. The molecule has 2 aromatic rings. The largest absolute Gasteiger partial charge is 0.494 e. The number of Topliss-reactive ketones (excluding diaryl/α,β-unsaturated/α-hetero) is 1. The average molecular weight is 421 g/mol. The molecule has 2 aliphatic rings. The van der Waals surface area contributed by atoms with E-state index in [4.69, 9.17) is 14.2 Å². The summed E-state index contributed by atoms with van der Waals surface area (Å²) < 4.78 is 16.5. The molecule has 0 fully saturated rings. The summed E-state index contributed by atoms with van der Waals surface area (Å²) in [6.07, 6.45) is 1.22. The standard InChI is InChI=1S/C25H27NO5/c1-4-31-21-8-6-5-7-17(21)18-14-24(28)26-19-11-16(12-20(27)25(18)19)15-9-10-22(29-2)23(13-15)30-3/h5-10,13,16,18H,4,11-12,14H2,1-3H3,(H,26,28)/t16-,18+/m1/s1. The minimum atomic E-state index is -0.287. The SMILES string of the molecule is CCOc1ccccc1[C@@H]1CC(=O)NC2=C1C(=O)C[C@H](c1ccc(OC)c(OC)c1)C2. The Morgan fingerprint density at radius 2 is 1.71 bits per heavy atom. The lowest BCUT2D eigenvalue weighted by Crippen LogP contribution is -2.38. The molecule has 162 valence electrons. The van der Waals surface area contributed by atoms with Gasteiger partial charge < -0.3 is 19.5 Å². The van der Waals surface area contributed by atoms with E-state index in [1.54, 1.807) is 14.2 Å². The molecule has 31 heavy (non-hydrogen) atoms. The molecule has 0 radical (unpaired) electrons. The zero-order chi connectivity index (χ0) is 22.0. The molecule has 1 aliphatic heterocycles. The van der Waals surface area contributed by atoms with E-state index >= 15 is 0 Å². The quantitative estimate of drug-likeness (QED) is 0.760. The second-order valence-electron chi connectivity index (χ2n) is 7.81. The molecule has 1 aliphatic carbocycles. The van der Waals surface area contributed by atoms with Crippen LogP contribution >= 0.6 is 0 Å². The molecule has 0 saturated carbocycles. The van der Waals surface area contributed by atoms with Crippen molar-refractivity contribution >= 4 is 11.7 Å². The highest BCUT2D eigenvalue weighted by atomic mass is 16.5. The number of allylic oxidation sites excluding steroid dienone is 2. The average Bonchev–Trinajstić information content (AvgIpc) is 2.78. The molecule has 0 bridgehead atoms. The second kappa shape index (κ2) is 8.84. The van der Waals surface area contributed by atoms with E-state index in [1.807, 2.05) is 49.4 Å². The summed E-state index contributed by atoms with van der Waals surface area (Å²) >= 11 is 0. The maximum Gasteiger partial charge on any atom is 0.225 e. The van der Waals surface area contributed by atoms with Crippen LogP contribution < -0.4 is 19.5 Å². The van der Waals surface area contributed by atoms with Gasteiger partial charge in [-0.05, 0) is 43.0 Å². The van der Waals surface area contributed by atoms with Crippen molar-refractivity contribution in [2.24, 2.45) is 0 Å². The number of methoxy groups -OCH3 is 2. The first-order valence-electron chi connectivity index (χ1n) is 10.5. The molecule has 2 atom stereocenters. The van der Waals surface area contributed by atoms with Crippen molar-refractivity contribution < 1.29 is 23.8 Å². The fourth-order valence-corrected chi connectivity index (χ4v) is 4.62. The van der Waals surface area contributed by atoms with E-state index in [1.165, 1.54) is 0 Å². The van der Waals surface area contributed by atoms with E-state index in [9.17, 15) is 9.59 Å². The lowest BCUT2D eigenvalue weighted by molar-refractivity contribution is -0.122. The Kier molecular flexibility index (Phi) is 5.98. The third-order valence-corrected chi connectivity index (χ3v) is 6.01. The summed E-state index contributed by atoms with van der Waals surface area (Å²) in [6, 6.07) is 13.4. The zero-order valence-corrected chi connectivity index (χ0v) is 18.1. The van der Waals surface area contributed by atoms with Crippen LogP contribution in [0.1, 0.15) is 49.1 Å². The van der Waals surface area contributed by atoms with Gasteiger partial charge in [0.2, 0.25) is 5.91 Å². The number of amides is 1. The van der Waals surface area contributed by atoms with Gasteiger partial charge in [-0.2, -0.15) is 0 Å². The molecular formula is C25H27NO5. The Hall–Kier alpha value is -3.28. The van der Waals surface area contributed by atoms with Crippen molar-refractivity contribution in [3.8, 4) is 17.2 Å². The number of hydrogen-bond donors (Lipinski definition) is 1. The van der Waals surface area contributed by atoms with Crippen molar-refractivity contribution in [3.63, 3.8) is 0 Å². The van der Waals surface area contributed by atoms with Crippen molar-refractivity contribution in [1.82, 2.24) is 5.32 Å². The predicted octanol–water partition coefficient (Wildman–Crippen LogP) is 4.11. The Labute approximate surface area is 182 Å². The van der Waals surface area contributed by atoms with Gasteiger partial charge in [0, 0.05) is 35.6 Å². The molecule has 6 nitrogen and oxygen atoms in total. The number of nitrogens with one attached hydrogen (secondary N) is 1. The number of hydrogen-bond acceptors (Lipinski definition) is 5. The van der Waals surface area contributed by atoms with Crippen molar-refractivity contribution in [2.75, 3.05) is 20.8 Å². The molecule has 1 heterocycles. The second-order valence-corrected chi connectivity index (χ2v) is 7.81. The van der Waals surface area contributed by atoms with Crippen LogP contribution in [0.3, 0.4) is 0 Å². The van der Waals surface area contributed by atoms with Crippen LogP contribution in [-0.4, -0.2) is 32.5 Å². The van der Waals surface area contributed by atoms with Crippen molar-refractivity contribution in [1.29, 1.82) is 0 Å². The van der Waals surface area contributed by atoms with Crippen LogP contribution in [0.2, 0.25) is 0 Å². The van der Waals surface area contributed by atoms with Crippen LogP contribution in [0.15, 0.2) is 53.7 Å². The van der Waals surface area contributed by atoms with Crippen LogP contribution in [0.5, 0.6) is 17.2 Å². The third-order valence-electron chi connectivity index (χ3n) is 6.01. The summed E-state index contributed by atoms with van der Waals surface area (Å²) in [6.45, 7) is 2.45. The Bertz CT molecular complexity index is 1040. The van der Waals surface area contributed by atoms with Gasteiger partial charge in [-0.1, -0.05) is 24.3 Å². The van der Waals surface area contributed by atoms with Gasteiger partial charge in [0.15, 0.2) is 17.3 Å². The maximum atomic E-state index is 13.3. The number of carbonyl (C=O) groups is 2. The molecule has 6 heteroatoms. The highest BCUT2D eigenvalue weighted by Crippen LogP contribution is 2.45. The first-order valence-corrected chi connectivity index (χ1v) is 10.5. The molecule has 1 amide bonds. The van der Waals surface area contributed by atoms with Gasteiger partial charge in [-0.15, -0.1) is 0 Å². The number of para-hydroxylation sites is 1. The van der Waals surface area contributed by atoms with Crippen molar-refractivity contribution in [3.05, 3.63) is 64.9 Å². The molecule has 1 N–H and O–H groups in total. The van der Waals surface area contributed by atoms with Crippen LogP contribution in [0.4, 0.5) is 0 Å². The Morgan fingerprint density at radius 1 is 0.935 bits per heavy atom. The van der Waals surface area contributed by atoms with Gasteiger partial charge in [0.25, 0.3) is 0 Å². The molecule has 0 saturated heterocycles. The van der Waals surface area contributed by atoms with Crippen LogP contribution in [0.25, 0.3) is 0 Å². The Morgan fingerprint density at radius 3 is 2.45 bits per heavy atom. The summed E-state index contributed by atoms with van der Waals surface area (Å²) in [4.78, 5) is 25.9. The topological polar surface area (TPSA) is 73.9 Å². The van der Waals surface area contributed by atoms with Gasteiger partial charge >= 0.3 is 0 Å². The summed E-state index contributed by atoms with van der Waals surface area (Å²) in [5.41, 5.74) is 3.32. The van der Waals surface area contributed by atoms with Gasteiger partial charge in [-0.25, -0.2) is 0 Å². The fraction of sp³-hybridized carbons (Fsp3) is 0.360. The first-order chi connectivity index (χ1) is 15.0. The minimum Gasteiger partial charge on any atom is -0.494 e. The van der Waals surface area contributed by atoms with Gasteiger partial charge in [0.1, 0.15) is 5.75 Å². The maximum absolute atomic E-state index is 13.3. The molecule has 0 unspecified atom stereocenters. The minimum absolute atomic E-state index is 0.0350. The number of ether oxygens (including phenoxy) is 3.